The average Bonchev–Trinajstić information content (AvgIpc) is 2.82. The number of carbonyl (C=O) groups is 1. The number of nitro groups is 1. The topological polar surface area (TPSA) is 112 Å². The van der Waals surface area contributed by atoms with Crippen LogP contribution in [0, 0.1) is 10.1 Å². The van der Waals surface area contributed by atoms with Gasteiger partial charge in [-0.2, -0.15) is 4.99 Å². The van der Waals surface area contributed by atoms with E-state index in [0.717, 1.165) is 18.4 Å². The van der Waals surface area contributed by atoms with Gasteiger partial charge in [0.1, 0.15) is 4.90 Å². The molecule has 0 spiro atoms. The summed E-state index contributed by atoms with van der Waals surface area (Å²) < 4.78 is 24.7. The first-order valence-corrected chi connectivity index (χ1v) is 8.65. The fourth-order valence-electron chi connectivity index (χ4n) is 1.69. The van der Waals surface area contributed by atoms with Gasteiger partial charge in [-0.1, -0.05) is 0 Å². The molecule has 0 aliphatic rings. The number of hydrogen-bond donors (Lipinski definition) is 0. The van der Waals surface area contributed by atoms with Crippen LogP contribution < -0.4 is 4.80 Å². The molecule has 8 nitrogen and oxygen atoms in total. The largest absolute Gasteiger partial charge is 0.327 e. The van der Waals surface area contributed by atoms with E-state index in [-0.39, 0.29) is 5.56 Å². The number of amides is 1. The lowest BCUT2D eigenvalue weighted by Gasteiger charge is -2.02. The number of sulfone groups is 1. The molecule has 0 N–H and O–H groups in total. The maximum Gasteiger partial charge on any atom is 0.288 e. The number of carbonyl (C=O) groups excluding carboxylic acids is 1. The number of nitro benzene ring substituents is 1. The van der Waals surface area contributed by atoms with E-state index in [4.69, 9.17) is 0 Å². The third kappa shape index (κ3) is 3.28. The van der Waals surface area contributed by atoms with Crippen molar-refractivity contribution in [1.29, 1.82) is 0 Å². The first-order chi connectivity index (χ1) is 10.2. The van der Waals surface area contributed by atoms with Gasteiger partial charge >= 0.3 is 0 Å². The van der Waals surface area contributed by atoms with E-state index in [0.29, 0.717) is 4.80 Å². The summed E-state index contributed by atoms with van der Waals surface area (Å²) in [7, 11) is -2.06. The molecule has 2 rings (SSSR count). The minimum absolute atomic E-state index is 0.0486. The summed E-state index contributed by atoms with van der Waals surface area (Å²) >= 11 is 1.24. The number of hydrogen-bond acceptors (Lipinski definition) is 6. The molecule has 0 saturated carbocycles. The molecule has 2 aromatic rings. The van der Waals surface area contributed by atoms with Gasteiger partial charge in [0.2, 0.25) is 0 Å². The molecule has 0 aliphatic heterocycles. The van der Waals surface area contributed by atoms with E-state index in [2.05, 4.69) is 4.99 Å². The molecule has 1 aromatic heterocycles. The molecular weight excluding hydrogens is 330 g/mol. The Bertz CT molecular complexity index is 924. The first-order valence-electron chi connectivity index (χ1n) is 5.88. The molecule has 0 radical (unpaired) electrons. The van der Waals surface area contributed by atoms with Gasteiger partial charge in [0.25, 0.3) is 11.6 Å². The Morgan fingerprint density at radius 2 is 2.09 bits per heavy atom. The van der Waals surface area contributed by atoms with Crippen molar-refractivity contribution in [3.8, 4) is 0 Å². The molecule has 22 heavy (non-hydrogen) atoms. The van der Waals surface area contributed by atoms with Crippen LogP contribution in [-0.2, 0) is 16.9 Å². The molecule has 116 valence electrons. The highest BCUT2D eigenvalue weighted by molar-refractivity contribution is 7.90. The van der Waals surface area contributed by atoms with Crippen molar-refractivity contribution in [1.82, 2.24) is 4.57 Å². The third-order valence-corrected chi connectivity index (χ3v) is 4.75. The second kappa shape index (κ2) is 5.81. The molecule has 1 heterocycles. The molecule has 0 aliphatic carbocycles. The molecule has 0 atom stereocenters. The predicted octanol–water partition coefficient (Wildman–Crippen LogP) is 1.14. The zero-order valence-electron chi connectivity index (χ0n) is 11.6. The Morgan fingerprint density at radius 3 is 2.59 bits per heavy atom. The van der Waals surface area contributed by atoms with E-state index in [9.17, 15) is 23.3 Å². The summed E-state index contributed by atoms with van der Waals surface area (Å²) in [6, 6.07) is 3.18. The molecule has 1 amide bonds. The van der Waals surface area contributed by atoms with E-state index >= 15 is 0 Å². The number of benzene rings is 1. The van der Waals surface area contributed by atoms with E-state index in [1.807, 2.05) is 0 Å². The smallest absolute Gasteiger partial charge is 0.288 e. The van der Waals surface area contributed by atoms with Crippen molar-refractivity contribution in [2.75, 3.05) is 6.26 Å². The summed E-state index contributed by atoms with van der Waals surface area (Å²) in [5, 5.41) is 12.7. The van der Waals surface area contributed by atoms with Crippen molar-refractivity contribution >= 4 is 32.8 Å². The second-order valence-electron chi connectivity index (χ2n) is 4.43. The maximum atomic E-state index is 12.1. The van der Waals surface area contributed by atoms with Crippen LogP contribution in [0.1, 0.15) is 10.4 Å². The van der Waals surface area contributed by atoms with Crippen molar-refractivity contribution in [3.63, 3.8) is 0 Å². The van der Waals surface area contributed by atoms with E-state index < -0.39 is 31.3 Å². The quantitative estimate of drug-likeness (QED) is 0.614. The van der Waals surface area contributed by atoms with Gasteiger partial charge < -0.3 is 4.57 Å². The summed E-state index contributed by atoms with van der Waals surface area (Å²) in [6.45, 7) is 0. The van der Waals surface area contributed by atoms with Crippen molar-refractivity contribution in [3.05, 3.63) is 50.3 Å². The number of nitrogens with zero attached hydrogens (tertiary/aromatic N) is 3. The highest BCUT2D eigenvalue weighted by atomic mass is 32.2. The Hall–Kier alpha value is -2.33. The van der Waals surface area contributed by atoms with Crippen molar-refractivity contribution in [2.24, 2.45) is 12.0 Å². The molecular formula is C12H11N3O5S2. The van der Waals surface area contributed by atoms with Crippen LogP contribution in [0.2, 0.25) is 0 Å². The molecule has 0 saturated heterocycles. The minimum Gasteiger partial charge on any atom is -0.327 e. The Balaban J connectivity index is 2.55. The number of aryl methyl sites for hydroxylation is 1. The standard InChI is InChI=1S/C12H11N3O5S2/c1-14-5-6-21-12(14)13-11(16)8-3-4-10(22(2,19)20)9(7-8)15(17)18/h3-7H,1-2H3. The highest BCUT2D eigenvalue weighted by Crippen LogP contribution is 2.25. The summed E-state index contributed by atoms with van der Waals surface area (Å²) in [6.07, 6.45) is 2.58. The number of thiazole rings is 1. The van der Waals surface area contributed by atoms with Gasteiger partial charge in [-0.15, -0.1) is 11.3 Å². The zero-order chi connectivity index (χ0) is 16.5. The van der Waals surface area contributed by atoms with Crippen LogP contribution in [0.4, 0.5) is 5.69 Å². The monoisotopic (exact) mass is 341 g/mol. The normalized spacial score (nSPS) is 12.4. The van der Waals surface area contributed by atoms with Gasteiger partial charge in [-0.25, -0.2) is 8.42 Å². The van der Waals surface area contributed by atoms with Crippen LogP contribution in [0.25, 0.3) is 0 Å². The van der Waals surface area contributed by atoms with Gasteiger partial charge in [0.15, 0.2) is 14.6 Å². The lowest BCUT2D eigenvalue weighted by atomic mass is 10.2. The average molecular weight is 341 g/mol. The Labute approximate surface area is 129 Å². The fourth-order valence-corrected chi connectivity index (χ4v) is 3.25. The summed E-state index contributed by atoms with van der Waals surface area (Å²) in [4.78, 5) is 26.1. The molecule has 0 bridgehead atoms. The second-order valence-corrected chi connectivity index (χ2v) is 7.28. The van der Waals surface area contributed by atoms with E-state index in [1.54, 1.807) is 23.2 Å². The first kappa shape index (κ1) is 16.0. The number of rotatable bonds is 3. The number of aromatic nitrogens is 1. The molecule has 1 aromatic carbocycles. The highest BCUT2D eigenvalue weighted by Gasteiger charge is 2.23. The predicted molar refractivity (Wildman–Crippen MR) is 79.4 cm³/mol. The van der Waals surface area contributed by atoms with Crippen LogP contribution in [-0.4, -0.2) is 30.1 Å². The van der Waals surface area contributed by atoms with Crippen LogP contribution in [0.3, 0.4) is 0 Å². The molecule has 0 fully saturated rings. The molecule has 10 heteroatoms. The third-order valence-electron chi connectivity index (χ3n) is 2.76. The lowest BCUT2D eigenvalue weighted by molar-refractivity contribution is -0.387. The fraction of sp³-hybridized carbons (Fsp3) is 0.167. The summed E-state index contributed by atoms with van der Waals surface area (Å²) in [5.74, 6) is -0.679. The maximum absolute atomic E-state index is 12.1. The van der Waals surface area contributed by atoms with Gasteiger partial charge in [0.05, 0.1) is 4.92 Å². The van der Waals surface area contributed by atoms with Crippen LogP contribution >= 0.6 is 11.3 Å². The zero-order valence-corrected chi connectivity index (χ0v) is 13.2. The van der Waals surface area contributed by atoms with E-state index in [1.165, 1.54) is 17.4 Å². The lowest BCUT2D eigenvalue weighted by Crippen LogP contribution is -2.13. The van der Waals surface area contributed by atoms with Gasteiger partial charge in [0, 0.05) is 36.5 Å². The minimum atomic E-state index is -3.76. The SMILES string of the molecule is Cn1ccsc1=NC(=O)c1ccc(S(C)(=O)=O)c([N+](=O)[O-])c1. The molecule has 0 unspecified atom stereocenters. The van der Waals surface area contributed by atoms with Crippen molar-refractivity contribution < 1.29 is 18.1 Å². The van der Waals surface area contributed by atoms with Crippen LogP contribution in [0.5, 0.6) is 0 Å². The summed E-state index contributed by atoms with van der Waals surface area (Å²) in [5.41, 5.74) is -0.688. The van der Waals surface area contributed by atoms with Gasteiger partial charge in [-0.3, -0.25) is 14.9 Å². The van der Waals surface area contributed by atoms with Crippen molar-refractivity contribution in [2.45, 2.75) is 4.90 Å². The van der Waals surface area contributed by atoms with Gasteiger partial charge in [-0.05, 0) is 12.1 Å². The Kier molecular flexibility index (Phi) is 4.24. The Morgan fingerprint density at radius 1 is 1.41 bits per heavy atom. The van der Waals surface area contributed by atoms with Crippen LogP contribution in [0.15, 0.2) is 39.7 Å².